The summed E-state index contributed by atoms with van der Waals surface area (Å²) in [6.07, 6.45) is 0. The van der Waals surface area contributed by atoms with Crippen molar-refractivity contribution >= 4 is 17.0 Å². The van der Waals surface area contributed by atoms with Crippen molar-refractivity contribution in [2.75, 3.05) is 0 Å². The lowest BCUT2D eigenvalue weighted by molar-refractivity contribution is -0.140. The van der Waals surface area contributed by atoms with E-state index in [0.29, 0.717) is 16.6 Å². The van der Waals surface area contributed by atoms with Crippen LogP contribution in [0.1, 0.15) is 12.5 Å². The Morgan fingerprint density at radius 3 is 2.65 bits per heavy atom. The van der Waals surface area contributed by atoms with Gasteiger partial charge in [0.2, 0.25) is 0 Å². The molecule has 0 amide bonds. The third-order valence-electron chi connectivity index (χ3n) is 2.74. The summed E-state index contributed by atoms with van der Waals surface area (Å²) in [7, 11) is 0. The lowest BCUT2D eigenvalue weighted by Crippen LogP contribution is -2.30. The number of carboxylic acids is 1. The van der Waals surface area contributed by atoms with Crippen LogP contribution in [-0.4, -0.2) is 21.0 Å². The molecule has 3 N–H and O–H groups in total. The lowest BCUT2D eigenvalue weighted by atomic mass is 9.84. The van der Waals surface area contributed by atoms with Crippen LogP contribution in [0.3, 0.4) is 0 Å². The first kappa shape index (κ1) is 11.0. The molecule has 1 unspecified atom stereocenters. The third kappa shape index (κ3) is 1.58. The molecule has 0 aliphatic rings. The average molecular weight is 231 g/mol. The summed E-state index contributed by atoms with van der Waals surface area (Å²) in [5.41, 5.74) is -0.608. The van der Waals surface area contributed by atoms with Gasteiger partial charge in [0, 0.05) is 0 Å². The Balaban J connectivity index is 2.68. The highest BCUT2D eigenvalue weighted by Crippen LogP contribution is 2.25. The van der Waals surface area contributed by atoms with E-state index in [-0.39, 0.29) is 5.69 Å². The van der Waals surface area contributed by atoms with Gasteiger partial charge >= 0.3 is 11.7 Å². The van der Waals surface area contributed by atoms with E-state index in [1.54, 1.807) is 12.1 Å². The predicted molar refractivity (Wildman–Crippen MR) is 59.5 cm³/mol. The fraction of sp³-hybridized carbons (Fsp3) is 0.182. The molecule has 86 valence electrons. The fourth-order valence-electron chi connectivity index (χ4n) is 1.58. The number of H-pyrrole nitrogens is 2. The van der Waals surface area contributed by atoms with E-state index in [1.165, 1.54) is 19.1 Å². The van der Waals surface area contributed by atoms with Gasteiger partial charge in [0.15, 0.2) is 5.41 Å². The summed E-state index contributed by atoms with van der Waals surface area (Å²) in [5, 5.41) is 18.0. The number of aromatic nitrogens is 2. The summed E-state index contributed by atoms with van der Waals surface area (Å²) in [6.45, 7) is 1.32. The molecule has 1 atom stereocenters. The minimum absolute atomic E-state index is 0.329. The van der Waals surface area contributed by atoms with Gasteiger partial charge in [-0.2, -0.15) is 5.26 Å². The lowest BCUT2D eigenvalue weighted by Gasteiger charge is -2.16. The second kappa shape index (κ2) is 3.49. The second-order valence-corrected chi connectivity index (χ2v) is 3.88. The highest BCUT2D eigenvalue weighted by Gasteiger charge is 2.35. The maximum Gasteiger partial charge on any atom is 0.328 e. The van der Waals surface area contributed by atoms with E-state index >= 15 is 0 Å². The zero-order valence-electron chi connectivity index (χ0n) is 8.94. The predicted octanol–water partition coefficient (Wildman–Crippen LogP) is 0.722. The molecular weight excluding hydrogens is 222 g/mol. The van der Waals surface area contributed by atoms with Crippen LogP contribution >= 0.6 is 0 Å². The van der Waals surface area contributed by atoms with Crippen LogP contribution in [0.5, 0.6) is 0 Å². The number of carbonyl (C=O) groups is 1. The van der Waals surface area contributed by atoms with Gasteiger partial charge in [-0.1, -0.05) is 6.07 Å². The maximum absolute atomic E-state index is 11.1. The number of hydrogen-bond donors (Lipinski definition) is 3. The van der Waals surface area contributed by atoms with Crippen LogP contribution in [-0.2, 0) is 10.2 Å². The van der Waals surface area contributed by atoms with Gasteiger partial charge in [0.1, 0.15) is 0 Å². The molecule has 0 spiro atoms. The summed E-state index contributed by atoms with van der Waals surface area (Å²) < 4.78 is 0. The zero-order chi connectivity index (χ0) is 12.6. The zero-order valence-corrected chi connectivity index (χ0v) is 8.94. The molecule has 1 aromatic carbocycles. The minimum Gasteiger partial charge on any atom is -0.480 e. The van der Waals surface area contributed by atoms with Crippen molar-refractivity contribution in [3.05, 3.63) is 34.2 Å². The van der Waals surface area contributed by atoms with Gasteiger partial charge in [-0.15, -0.1) is 0 Å². The molecule has 17 heavy (non-hydrogen) atoms. The number of carboxylic acid groups (broad SMARTS) is 1. The van der Waals surface area contributed by atoms with Crippen molar-refractivity contribution in [2.45, 2.75) is 12.3 Å². The molecule has 0 aliphatic heterocycles. The molecule has 2 aromatic rings. The van der Waals surface area contributed by atoms with Crippen LogP contribution in [0.25, 0.3) is 11.0 Å². The first-order chi connectivity index (χ1) is 7.97. The van der Waals surface area contributed by atoms with Crippen molar-refractivity contribution in [2.24, 2.45) is 0 Å². The number of nitrogens with zero attached hydrogens (tertiary/aromatic N) is 1. The topological polar surface area (TPSA) is 110 Å². The number of nitrogens with one attached hydrogen (secondary N) is 2. The molecule has 0 fully saturated rings. The normalized spacial score (nSPS) is 14.1. The maximum atomic E-state index is 11.1. The van der Waals surface area contributed by atoms with E-state index in [0.717, 1.165) is 0 Å². The molecule has 2 rings (SSSR count). The molecule has 1 aromatic heterocycles. The van der Waals surface area contributed by atoms with Crippen LogP contribution in [0.15, 0.2) is 23.0 Å². The van der Waals surface area contributed by atoms with E-state index in [1.807, 2.05) is 0 Å². The van der Waals surface area contributed by atoms with Gasteiger partial charge in [-0.05, 0) is 24.6 Å². The van der Waals surface area contributed by atoms with Crippen LogP contribution < -0.4 is 5.69 Å². The number of hydrogen-bond acceptors (Lipinski definition) is 3. The largest absolute Gasteiger partial charge is 0.480 e. The molecule has 0 bridgehead atoms. The summed E-state index contributed by atoms with van der Waals surface area (Å²) in [6, 6.07) is 6.34. The Morgan fingerprint density at radius 1 is 1.41 bits per heavy atom. The molecule has 6 nitrogen and oxygen atoms in total. The Labute approximate surface area is 95.5 Å². The standard InChI is InChI=1S/C11H9N3O3/c1-11(5-12,9(15)16)6-2-3-7-8(4-6)14-10(17)13-7/h2-4H,1H3,(H,15,16)(H2,13,14,17). The molecule has 0 saturated carbocycles. The number of imidazole rings is 1. The van der Waals surface area contributed by atoms with Crippen LogP contribution in [0.4, 0.5) is 0 Å². The van der Waals surface area contributed by atoms with Gasteiger partial charge < -0.3 is 15.1 Å². The van der Waals surface area contributed by atoms with Gasteiger partial charge in [0.25, 0.3) is 0 Å². The quantitative estimate of drug-likeness (QED) is 0.707. The molecule has 0 saturated heterocycles. The summed E-state index contributed by atoms with van der Waals surface area (Å²) in [5.74, 6) is -1.22. The molecule has 1 heterocycles. The van der Waals surface area contributed by atoms with E-state index in [2.05, 4.69) is 9.97 Å². The van der Waals surface area contributed by atoms with Crippen molar-refractivity contribution in [3.8, 4) is 6.07 Å². The Bertz CT molecular complexity index is 692. The smallest absolute Gasteiger partial charge is 0.328 e. The number of rotatable bonds is 2. The number of fused-ring (bicyclic) bond motifs is 1. The number of aromatic amines is 2. The van der Waals surface area contributed by atoms with Crippen LogP contribution in [0, 0.1) is 11.3 Å². The van der Waals surface area contributed by atoms with Gasteiger partial charge in [-0.25, -0.2) is 4.79 Å². The van der Waals surface area contributed by atoms with E-state index < -0.39 is 11.4 Å². The number of nitriles is 1. The summed E-state index contributed by atoms with van der Waals surface area (Å²) in [4.78, 5) is 27.2. The van der Waals surface area contributed by atoms with Gasteiger partial charge in [-0.3, -0.25) is 4.79 Å². The first-order valence-corrected chi connectivity index (χ1v) is 4.84. The number of benzene rings is 1. The van der Waals surface area contributed by atoms with Crippen LogP contribution in [0.2, 0.25) is 0 Å². The average Bonchev–Trinajstić information content (AvgIpc) is 2.66. The van der Waals surface area contributed by atoms with Gasteiger partial charge in [0.05, 0.1) is 17.1 Å². The Hall–Kier alpha value is -2.55. The SMILES string of the molecule is CC(C#N)(C(=O)O)c1ccc2[nH]c(=O)[nH]c2c1. The second-order valence-electron chi connectivity index (χ2n) is 3.88. The van der Waals surface area contributed by atoms with Crippen molar-refractivity contribution in [3.63, 3.8) is 0 Å². The minimum atomic E-state index is -1.62. The monoisotopic (exact) mass is 231 g/mol. The molecule has 0 radical (unpaired) electrons. The Kier molecular flexibility index (Phi) is 2.25. The highest BCUT2D eigenvalue weighted by atomic mass is 16.4. The fourth-order valence-corrected chi connectivity index (χ4v) is 1.58. The highest BCUT2D eigenvalue weighted by molar-refractivity contribution is 5.86. The number of aliphatic carboxylic acids is 1. The Morgan fingerprint density at radius 2 is 2.06 bits per heavy atom. The third-order valence-corrected chi connectivity index (χ3v) is 2.74. The molecule has 6 heteroatoms. The van der Waals surface area contributed by atoms with Crippen molar-refractivity contribution in [1.82, 2.24) is 9.97 Å². The molecular formula is C11H9N3O3. The first-order valence-electron chi connectivity index (χ1n) is 4.84. The van der Waals surface area contributed by atoms with E-state index in [9.17, 15) is 9.59 Å². The molecule has 0 aliphatic carbocycles. The van der Waals surface area contributed by atoms with E-state index in [4.69, 9.17) is 10.4 Å². The van der Waals surface area contributed by atoms with Crippen molar-refractivity contribution in [1.29, 1.82) is 5.26 Å². The summed E-state index contributed by atoms with van der Waals surface area (Å²) >= 11 is 0. The van der Waals surface area contributed by atoms with Crippen molar-refractivity contribution < 1.29 is 9.90 Å².